The van der Waals surface area contributed by atoms with Gasteiger partial charge in [0.15, 0.2) is 0 Å². The van der Waals surface area contributed by atoms with Gasteiger partial charge in [-0.15, -0.1) is 0 Å². The fourth-order valence-electron chi connectivity index (χ4n) is 0.712. The molecule has 0 unspecified atom stereocenters. The van der Waals surface area contributed by atoms with Gasteiger partial charge in [0.2, 0.25) is 0 Å². The number of hydrogen-bond acceptors (Lipinski definition) is 1. The van der Waals surface area contributed by atoms with Gasteiger partial charge in [0, 0.05) is 6.20 Å². The molecule has 0 amide bonds. The van der Waals surface area contributed by atoms with E-state index < -0.39 is 0 Å². The van der Waals surface area contributed by atoms with E-state index in [0.717, 1.165) is 5.69 Å². The number of hydrogen-bond donors (Lipinski definition) is 0. The van der Waals surface area contributed by atoms with Crippen molar-refractivity contribution in [3.63, 3.8) is 0 Å². The molecule has 0 fully saturated rings. The molecule has 2 heteroatoms. The van der Waals surface area contributed by atoms with Crippen LogP contribution in [0, 0.1) is 6.92 Å². The highest BCUT2D eigenvalue weighted by Crippen LogP contribution is 2.02. The van der Waals surface area contributed by atoms with Gasteiger partial charge in [-0.05, 0) is 24.6 Å². The number of halogens is 1. The molecule has 0 N–H and O–H groups in total. The molecule has 0 saturated carbocycles. The first-order valence-corrected chi connectivity index (χ1v) is 4.26. The van der Waals surface area contributed by atoms with Gasteiger partial charge < -0.3 is 0 Å². The molecule has 0 aliphatic rings. The number of aryl methyl sites for hydroxylation is 1. The highest BCUT2D eigenvalue weighted by molar-refractivity contribution is 5.45. The van der Waals surface area contributed by atoms with Gasteiger partial charge in [0.1, 0.15) is 0 Å². The summed E-state index contributed by atoms with van der Waals surface area (Å²) in [6, 6.07) is 3.94. The largest absolute Gasteiger partial charge is 0.257 e. The third-order valence-corrected chi connectivity index (χ3v) is 1.24. The Balaban J connectivity index is 0. The average molecular weight is 183 g/mol. The molecule has 0 aliphatic heterocycles. The standard InChI is InChI=1S/C8H9N.C2H6.CH3F/c1-3-8-7(2)5-4-6-9-8;2*1-2/h3-6H,1H2,2H3;1-2H3;1H3. The summed E-state index contributed by atoms with van der Waals surface area (Å²) >= 11 is 0. The third-order valence-electron chi connectivity index (χ3n) is 1.24. The van der Waals surface area contributed by atoms with Crippen LogP contribution in [0.2, 0.25) is 0 Å². The highest BCUT2D eigenvalue weighted by Gasteiger charge is 1.88. The molecule has 1 rings (SSSR count). The first-order valence-electron chi connectivity index (χ1n) is 4.26. The lowest BCUT2D eigenvalue weighted by molar-refractivity contribution is 0.636. The maximum Gasteiger partial charge on any atom is 0.0785 e. The smallest absolute Gasteiger partial charge is 0.0785 e. The number of aromatic nitrogens is 1. The Labute approximate surface area is 80.3 Å². The molecule has 13 heavy (non-hydrogen) atoms. The fourth-order valence-corrected chi connectivity index (χ4v) is 0.712. The van der Waals surface area contributed by atoms with E-state index in [1.54, 1.807) is 12.3 Å². The molecule has 0 atom stereocenters. The summed E-state index contributed by atoms with van der Waals surface area (Å²) in [5.41, 5.74) is 2.14. The minimum absolute atomic E-state index is 0.500. The van der Waals surface area contributed by atoms with Crippen LogP contribution in [0.15, 0.2) is 24.9 Å². The maximum absolute atomic E-state index is 9.50. The van der Waals surface area contributed by atoms with Crippen molar-refractivity contribution in [3.05, 3.63) is 36.2 Å². The van der Waals surface area contributed by atoms with E-state index in [9.17, 15) is 4.39 Å². The molecule has 0 bridgehead atoms. The monoisotopic (exact) mass is 183 g/mol. The lowest BCUT2D eigenvalue weighted by Crippen LogP contribution is -1.82. The molecular weight excluding hydrogens is 165 g/mol. The van der Waals surface area contributed by atoms with Gasteiger partial charge in [0.25, 0.3) is 0 Å². The Morgan fingerprint density at radius 1 is 1.38 bits per heavy atom. The molecule has 74 valence electrons. The van der Waals surface area contributed by atoms with Crippen molar-refractivity contribution in [2.24, 2.45) is 0 Å². The summed E-state index contributed by atoms with van der Waals surface area (Å²) in [6.07, 6.45) is 3.53. The third kappa shape index (κ3) is 6.02. The van der Waals surface area contributed by atoms with Crippen LogP contribution in [-0.4, -0.2) is 12.2 Å². The van der Waals surface area contributed by atoms with Crippen LogP contribution in [0.1, 0.15) is 25.1 Å². The van der Waals surface area contributed by atoms with Crippen LogP contribution in [0.25, 0.3) is 6.08 Å². The van der Waals surface area contributed by atoms with Crippen LogP contribution < -0.4 is 0 Å². The van der Waals surface area contributed by atoms with Crippen molar-refractivity contribution in [1.82, 2.24) is 4.98 Å². The molecule has 0 aromatic carbocycles. The van der Waals surface area contributed by atoms with E-state index in [2.05, 4.69) is 11.6 Å². The summed E-state index contributed by atoms with van der Waals surface area (Å²) in [6.45, 7) is 9.65. The zero-order valence-electron chi connectivity index (χ0n) is 8.84. The Morgan fingerprint density at radius 2 is 1.92 bits per heavy atom. The number of nitrogens with zero attached hydrogens (tertiary/aromatic N) is 1. The van der Waals surface area contributed by atoms with Gasteiger partial charge in [-0.1, -0.05) is 26.5 Å². The molecular formula is C11H18FN. The van der Waals surface area contributed by atoms with E-state index in [0.29, 0.717) is 7.18 Å². The predicted molar refractivity (Wildman–Crippen MR) is 57.4 cm³/mol. The molecule has 0 spiro atoms. The SMILES string of the molecule is C=Cc1ncccc1C.CC.CF. The number of alkyl halides is 1. The van der Waals surface area contributed by atoms with Gasteiger partial charge in [-0.25, -0.2) is 0 Å². The Kier molecular flexibility index (Phi) is 11.9. The second-order valence-corrected chi connectivity index (χ2v) is 1.91. The Bertz CT molecular complexity index is 221. The van der Waals surface area contributed by atoms with Gasteiger partial charge >= 0.3 is 0 Å². The molecule has 0 saturated heterocycles. The predicted octanol–water partition coefficient (Wildman–Crippen LogP) is 3.64. The second-order valence-electron chi connectivity index (χ2n) is 1.91. The van der Waals surface area contributed by atoms with E-state index in [1.165, 1.54) is 5.56 Å². The van der Waals surface area contributed by atoms with Crippen LogP contribution in [-0.2, 0) is 0 Å². The first-order chi connectivity index (χ1) is 6.34. The number of pyridine rings is 1. The van der Waals surface area contributed by atoms with Gasteiger partial charge in [-0.3, -0.25) is 9.37 Å². The molecule has 1 aromatic rings. The van der Waals surface area contributed by atoms with E-state index in [-0.39, 0.29) is 0 Å². The van der Waals surface area contributed by atoms with Crippen molar-refractivity contribution >= 4 is 6.08 Å². The van der Waals surface area contributed by atoms with Gasteiger partial charge in [0.05, 0.1) is 12.9 Å². The van der Waals surface area contributed by atoms with Crippen LogP contribution in [0.4, 0.5) is 4.39 Å². The zero-order valence-corrected chi connectivity index (χ0v) is 8.84. The molecule has 0 aliphatic carbocycles. The minimum Gasteiger partial charge on any atom is -0.257 e. The summed E-state index contributed by atoms with van der Waals surface area (Å²) in [5.74, 6) is 0. The maximum atomic E-state index is 9.50. The quantitative estimate of drug-likeness (QED) is 0.647. The molecule has 0 radical (unpaired) electrons. The summed E-state index contributed by atoms with van der Waals surface area (Å²) < 4.78 is 9.50. The highest BCUT2D eigenvalue weighted by atomic mass is 19.1. The summed E-state index contributed by atoms with van der Waals surface area (Å²) in [7, 11) is 0.500. The van der Waals surface area contributed by atoms with Crippen molar-refractivity contribution in [3.8, 4) is 0 Å². The van der Waals surface area contributed by atoms with E-state index >= 15 is 0 Å². The number of rotatable bonds is 1. The van der Waals surface area contributed by atoms with Crippen LogP contribution in [0.5, 0.6) is 0 Å². The normalized spacial score (nSPS) is 7.15. The van der Waals surface area contributed by atoms with Crippen LogP contribution >= 0.6 is 0 Å². The summed E-state index contributed by atoms with van der Waals surface area (Å²) in [5, 5.41) is 0. The van der Waals surface area contributed by atoms with E-state index in [4.69, 9.17) is 0 Å². The Hall–Kier alpha value is -1.18. The molecule has 1 heterocycles. The van der Waals surface area contributed by atoms with Gasteiger partial charge in [-0.2, -0.15) is 0 Å². The first kappa shape index (κ1) is 14.3. The zero-order chi connectivity index (χ0) is 10.7. The van der Waals surface area contributed by atoms with Crippen molar-refractivity contribution in [2.45, 2.75) is 20.8 Å². The molecule has 1 aromatic heterocycles. The minimum atomic E-state index is 0.500. The molecule has 1 nitrogen and oxygen atoms in total. The lowest BCUT2D eigenvalue weighted by Gasteiger charge is -1.94. The second kappa shape index (κ2) is 10.8. The van der Waals surface area contributed by atoms with Crippen LogP contribution in [0.3, 0.4) is 0 Å². The van der Waals surface area contributed by atoms with Crippen molar-refractivity contribution in [2.75, 3.05) is 7.18 Å². The lowest BCUT2D eigenvalue weighted by atomic mass is 10.2. The summed E-state index contributed by atoms with van der Waals surface area (Å²) in [4.78, 5) is 4.08. The average Bonchev–Trinajstić information content (AvgIpc) is 2.24. The fraction of sp³-hybridized carbons (Fsp3) is 0.364. The Morgan fingerprint density at radius 3 is 2.23 bits per heavy atom. The van der Waals surface area contributed by atoms with Crippen molar-refractivity contribution in [1.29, 1.82) is 0 Å². The van der Waals surface area contributed by atoms with E-state index in [1.807, 2.05) is 32.9 Å². The topological polar surface area (TPSA) is 12.9 Å². The van der Waals surface area contributed by atoms with Crippen molar-refractivity contribution < 1.29 is 4.39 Å².